The second-order valence-electron chi connectivity index (χ2n) is 3.07. The Bertz CT molecular complexity index is 462. The van der Waals surface area contributed by atoms with Crippen LogP contribution in [0.5, 0.6) is 0 Å². The van der Waals surface area contributed by atoms with E-state index in [-0.39, 0.29) is 17.9 Å². The number of carbonyl (C=O) groups is 1. The van der Waals surface area contributed by atoms with Gasteiger partial charge >= 0.3 is 12.1 Å². The van der Waals surface area contributed by atoms with E-state index in [0.29, 0.717) is 6.07 Å². The van der Waals surface area contributed by atoms with Crippen molar-refractivity contribution in [3.8, 4) is 0 Å². The summed E-state index contributed by atoms with van der Waals surface area (Å²) < 4.78 is 37.2. The fraction of sp³-hybridized carbons (Fsp3) is 0.333. The molecule has 9 heteroatoms. The lowest BCUT2D eigenvalue weighted by Gasteiger charge is -2.11. The smallest absolute Gasteiger partial charge is 0.370 e. The number of rotatable bonds is 4. The van der Waals surface area contributed by atoms with Crippen molar-refractivity contribution in [2.24, 2.45) is 5.34 Å². The fourth-order valence-electron chi connectivity index (χ4n) is 1.17. The molecule has 0 aliphatic heterocycles. The standard InChI is InChI=1S/C9H8F3N3O3/c1-2-13-7-5(8(16)18-15-17)3-4-6(14-7)9(10,11)12/h3-4H,2H2,1H3,(H,13,14). The third-order valence-corrected chi connectivity index (χ3v) is 1.87. The first kappa shape index (κ1) is 13.9. The van der Waals surface area contributed by atoms with Gasteiger partial charge in [-0.15, -0.1) is 4.91 Å². The van der Waals surface area contributed by atoms with Gasteiger partial charge in [0.05, 0.1) is 0 Å². The van der Waals surface area contributed by atoms with E-state index >= 15 is 0 Å². The molecule has 0 atom stereocenters. The van der Waals surface area contributed by atoms with Crippen LogP contribution in [-0.2, 0) is 11.0 Å². The minimum atomic E-state index is -4.63. The second-order valence-corrected chi connectivity index (χ2v) is 3.07. The molecule has 0 aromatic carbocycles. The number of nitrogens with zero attached hydrogens (tertiary/aromatic N) is 2. The van der Waals surface area contributed by atoms with Crippen molar-refractivity contribution < 1.29 is 22.8 Å². The quantitative estimate of drug-likeness (QED) is 0.666. The van der Waals surface area contributed by atoms with E-state index in [1.54, 1.807) is 6.92 Å². The SMILES string of the molecule is CCNc1nc(C(F)(F)F)ccc1C(=O)ON=O. The summed E-state index contributed by atoms with van der Waals surface area (Å²) in [5.41, 5.74) is -1.46. The summed E-state index contributed by atoms with van der Waals surface area (Å²) in [4.78, 5) is 28.1. The highest BCUT2D eigenvalue weighted by molar-refractivity contribution is 5.94. The molecule has 0 bridgehead atoms. The molecule has 1 N–H and O–H groups in total. The Hall–Kier alpha value is -2.19. The van der Waals surface area contributed by atoms with E-state index in [9.17, 15) is 22.9 Å². The van der Waals surface area contributed by atoms with Crippen LogP contribution in [0.4, 0.5) is 19.0 Å². The van der Waals surface area contributed by atoms with Crippen molar-refractivity contribution in [3.63, 3.8) is 0 Å². The topological polar surface area (TPSA) is 80.7 Å². The van der Waals surface area contributed by atoms with Crippen LogP contribution in [0, 0.1) is 4.91 Å². The molecule has 0 aliphatic carbocycles. The van der Waals surface area contributed by atoms with Gasteiger partial charge in [0.1, 0.15) is 17.1 Å². The molecule has 0 saturated heterocycles. The molecular weight excluding hydrogens is 255 g/mol. The number of hydrogen-bond acceptors (Lipinski definition) is 6. The van der Waals surface area contributed by atoms with Crippen LogP contribution in [0.3, 0.4) is 0 Å². The number of halogens is 3. The zero-order chi connectivity index (χ0) is 13.8. The predicted octanol–water partition coefficient (Wildman–Crippen LogP) is 2.37. The summed E-state index contributed by atoms with van der Waals surface area (Å²) in [6.07, 6.45) is -4.63. The number of anilines is 1. The summed E-state index contributed by atoms with van der Waals surface area (Å²) in [6.45, 7) is 1.85. The van der Waals surface area contributed by atoms with Crippen LogP contribution >= 0.6 is 0 Å². The molecule has 1 aromatic rings. The summed E-state index contributed by atoms with van der Waals surface area (Å²) in [5.74, 6) is -1.50. The zero-order valence-electron chi connectivity index (χ0n) is 9.11. The first-order chi connectivity index (χ1) is 8.40. The molecule has 0 aliphatic rings. The number of pyridine rings is 1. The number of aromatic nitrogens is 1. The minimum absolute atomic E-state index is 0.239. The maximum Gasteiger partial charge on any atom is 0.433 e. The summed E-state index contributed by atoms with van der Waals surface area (Å²) in [5, 5.41) is 4.38. The Kier molecular flexibility index (Phi) is 4.18. The van der Waals surface area contributed by atoms with Gasteiger partial charge in [0.15, 0.2) is 5.34 Å². The third kappa shape index (κ3) is 3.15. The molecule has 0 fully saturated rings. The van der Waals surface area contributed by atoms with Crippen molar-refractivity contribution in [3.05, 3.63) is 28.3 Å². The number of carbonyl (C=O) groups excluding carboxylic acids is 1. The molecule has 1 heterocycles. The van der Waals surface area contributed by atoms with E-state index in [1.165, 1.54) is 0 Å². The first-order valence-electron chi connectivity index (χ1n) is 4.76. The second kappa shape index (κ2) is 5.43. The van der Waals surface area contributed by atoms with Gasteiger partial charge in [0.2, 0.25) is 0 Å². The zero-order valence-corrected chi connectivity index (χ0v) is 9.11. The lowest BCUT2D eigenvalue weighted by Crippen LogP contribution is -2.14. The number of hydrogen-bond donors (Lipinski definition) is 1. The molecule has 0 amide bonds. The van der Waals surface area contributed by atoms with Crippen LogP contribution < -0.4 is 5.32 Å². The minimum Gasteiger partial charge on any atom is -0.370 e. The molecule has 98 valence electrons. The lowest BCUT2D eigenvalue weighted by molar-refractivity contribution is -0.141. The largest absolute Gasteiger partial charge is 0.433 e. The average molecular weight is 263 g/mol. The molecule has 0 unspecified atom stereocenters. The van der Waals surface area contributed by atoms with Gasteiger partial charge in [-0.1, -0.05) is 0 Å². The highest BCUT2D eigenvalue weighted by atomic mass is 19.4. The Balaban J connectivity index is 3.20. The van der Waals surface area contributed by atoms with Crippen molar-refractivity contribution in [2.75, 3.05) is 11.9 Å². The average Bonchev–Trinajstić information content (AvgIpc) is 2.28. The highest BCUT2D eigenvalue weighted by Gasteiger charge is 2.33. The van der Waals surface area contributed by atoms with Crippen LogP contribution in [0.2, 0.25) is 0 Å². The van der Waals surface area contributed by atoms with Gasteiger partial charge in [-0.05, 0) is 19.1 Å². The van der Waals surface area contributed by atoms with Crippen LogP contribution in [0.1, 0.15) is 23.0 Å². The van der Waals surface area contributed by atoms with Gasteiger partial charge in [-0.2, -0.15) is 13.2 Å². The number of nitrogens with one attached hydrogen (secondary N) is 1. The van der Waals surface area contributed by atoms with Crippen molar-refractivity contribution in [2.45, 2.75) is 13.1 Å². The number of alkyl halides is 3. The maximum absolute atomic E-state index is 12.4. The van der Waals surface area contributed by atoms with Crippen molar-refractivity contribution in [1.29, 1.82) is 0 Å². The Morgan fingerprint density at radius 2 is 2.17 bits per heavy atom. The van der Waals surface area contributed by atoms with Crippen LogP contribution in [0.15, 0.2) is 17.5 Å². The normalized spacial score (nSPS) is 10.9. The van der Waals surface area contributed by atoms with E-state index in [4.69, 9.17) is 0 Å². The molecule has 1 aromatic heterocycles. The van der Waals surface area contributed by atoms with E-state index in [1.807, 2.05) is 5.34 Å². The maximum atomic E-state index is 12.4. The molecule has 6 nitrogen and oxygen atoms in total. The molecule has 18 heavy (non-hydrogen) atoms. The van der Waals surface area contributed by atoms with E-state index in [0.717, 1.165) is 6.07 Å². The van der Waals surface area contributed by atoms with E-state index in [2.05, 4.69) is 15.1 Å². The molecule has 0 saturated carbocycles. The lowest BCUT2D eigenvalue weighted by atomic mass is 10.2. The van der Waals surface area contributed by atoms with E-state index < -0.39 is 17.8 Å². The fourth-order valence-corrected chi connectivity index (χ4v) is 1.17. The van der Waals surface area contributed by atoms with Gasteiger partial charge in [0, 0.05) is 6.54 Å². The van der Waals surface area contributed by atoms with Gasteiger partial charge < -0.3 is 5.32 Å². The molecular formula is C9H8F3N3O3. The molecule has 0 spiro atoms. The van der Waals surface area contributed by atoms with Gasteiger partial charge in [0.25, 0.3) is 0 Å². The highest BCUT2D eigenvalue weighted by Crippen LogP contribution is 2.29. The third-order valence-electron chi connectivity index (χ3n) is 1.87. The van der Waals surface area contributed by atoms with Crippen molar-refractivity contribution in [1.82, 2.24) is 4.98 Å². The summed E-state index contributed by atoms with van der Waals surface area (Å²) >= 11 is 0. The molecule has 0 radical (unpaired) electrons. The Morgan fingerprint density at radius 3 is 2.67 bits per heavy atom. The van der Waals surface area contributed by atoms with Crippen molar-refractivity contribution >= 4 is 11.8 Å². The van der Waals surface area contributed by atoms with Gasteiger partial charge in [-0.25, -0.2) is 9.78 Å². The van der Waals surface area contributed by atoms with Gasteiger partial charge in [-0.3, -0.25) is 4.84 Å². The van der Waals surface area contributed by atoms with Crippen LogP contribution in [-0.4, -0.2) is 17.5 Å². The first-order valence-corrected chi connectivity index (χ1v) is 4.76. The Labute approximate surface area is 99.1 Å². The monoisotopic (exact) mass is 263 g/mol. The van der Waals surface area contributed by atoms with Crippen LogP contribution in [0.25, 0.3) is 0 Å². The summed E-state index contributed by atoms with van der Waals surface area (Å²) in [7, 11) is 0. The molecule has 1 rings (SSSR count). The summed E-state index contributed by atoms with van der Waals surface area (Å²) in [6, 6.07) is 1.48. The Morgan fingerprint density at radius 1 is 1.50 bits per heavy atom. The predicted molar refractivity (Wildman–Crippen MR) is 54.6 cm³/mol.